The molecule has 0 aromatic rings. The summed E-state index contributed by atoms with van der Waals surface area (Å²) in [4.78, 5) is 72.4. The summed E-state index contributed by atoms with van der Waals surface area (Å²) in [6.45, 7) is 9.48. The van der Waals surface area contributed by atoms with E-state index in [1.165, 1.54) is 154 Å². The smallest absolute Gasteiger partial charge is 0.462 e. The van der Waals surface area contributed by atoms with E-state index in [0.29, 0.717) is 25.7 Å². The number of aliphatic hydroxyl groups is 1. The second kappa shape index (κ2) is 60.3. The van der Waals surface area contributed by atoms with Crippen molar-refractivity contribution in [1.82, 2.24) is 0 Å². The van der Waals surface area contributed by atoms with Crippen molar-refractivity contribution in [2.24, 2.45) is 11.8 Å². The molecule has 6 atom stereocenters. The predicted molar refractivity (Wildman–Crippen MR) is 349 cm³/mol. The molecule has 17 nitrogen and oxygen atoms in total. The van der Waals surface area contributed by atoms with E-state index in [0.717, 1.165) is 108 Å². The standard InChI is InChI=1S/C68H132O17P2/c1-7-10-12-14-16-18-20-22-24-28-33-41-47-53-68(73)84-63(56-78-65(70)50-44-38-31-29-25-26-30-36-42-48-60(4)5)58-82-86(74,75)80-54-62(69)55-81-87(76,77)83-59-64(57-79-66(71)51-45-39-35-34-37-43-49-61(6)9-3)85-67(72)52-46-40-32-27-23-21-19-17-15-13-11-8-2/h60-64,69H,7-59H2,1-6H3,(H,74,75)(H,76,77)/t61?,62-,63-,64-/m1/s1. The lowest BCUT2D eigenvalue weighted by atomic mass is 10.00. The molecule has 0 heterocycles. The Morgan fingerprint density at radius 1 is 0.333 bits per heavy atom. The van der Waals surface area contributed by atoms with Gasteiger partial charge >= 0.3 is 39.5 Å². The molecular formula is C68H132O17P2. The van der Waals surface area contributed by atoms with Crippen molar-refractivity contribution in [1.29, 1.82) is 0 Å². The normalized spacial score (nSPS) is 14.5. The Hall–Kier alpha value is -1.94. The number of rotatable bonds is 67. The lowest BCUT2D eigenvalue weighted by molar-refractivity contribution is -0.161. The van der Waals surface area contributed by atoms with Gasteiger partial charge in [-0.2, -0.15) is 0 Å². The first kappa shape index (κ1) is 85.1. The molecule has 0 spiro atoms. The maximum atomic E-state index is 13.0. The number of esters is 4. The van der Waals surface area contributed by atoms with Crippen LogP contribution in [0.5, 0.6) is 0 Å². The minimum Gasteiger partial charge on any atom is -0.462 e. The van der Waals surface area contributed by atoms with Gasteiger partial charge in [0.15, 0.2) is 12.2 Å². The topological polar surface area (TPSA) is 237 Å². The molecule has 19 heteroatoms. The van der Waals surface area contributed by atoms with Gasteiger partial charge in [-0.05, 0) is 37.5 Å². The van der Waals surface area contributed by atoms with E-state index in [2.05, 4.69) is 41.5 Å². The fourth-order valence-electron chi connectivity index (χ4n) is 10.2. The summed E-state index contributed by atoms with van der Waals surface area (Å²) >= 11 is 0. The van der Waals surface area contributed by atoms with Gasteiger partial charge in [0, 0.05) is 25.7 Å². The van der Waals surface area contributed by atoms with E-state index >= 15 is 0 Å². The molecule has 0 aromatic heterocycles. The second-order valence-electron chi connectivity index (χ2n) is 25.3. The summed E-state index contributed by atoms with van der Waals surface area (Å²) in [6, 6.07) is 0. The summed E-state index contributed by atoms with van der Waals surface area (Å²) in [5, 5.41) is 10.6. The SMILES string of the molecule is CCCCCCCCCCCCCCCC(=O)O[C@H](COC(=O)CCCCCCCCCCCC(C)C)COP(=O)(O)OC[C@@H](O)COP(=O)(O)OC[C@@H](COC(=O)CCCCCCCCC(C)CC)OC(=O)CCCCCCCCCCCCCC. The van der Waals surface area contributed by atoms with Crippen molar-refractivity contribution in [2.45, 2.75) is 362 Å². The molecule has 0 saturated heterocycles. The summed E-state index contributed by atoms with van der Waals surface area (Å²) in [5.41, 5.74) is 0. The molecule has 0 amide bonds. The fraction of sp³-hybridized carbons (Fsp3) is 0.941. The van der Waals surface area contributed by atoms with Crippen molar-refractivity contribution in [2.75, 3.05) is 39.6 Å². The van der Waals surface area contributed by atoms with Gasteiger partial charge in [-0.3, -0.25) is 37.3 Å². The molecule has 0 fully saturated rings. The van der Waals surface area contributed by atoms with Crippen LogP contribution in [0.3, 0.4) is 0 Å². The summed E-state index contributed by atoms with van der Waals surface area (Å²) < 4.78 is 68.2. The third kappa shape index (κ3) is 61.3. The number of phosphoric ester groups is 2. The highest BCUT2D eigenvalue weighted by Gasteiger charge is 2.30. The third-order valence-electron chi connectivity index (χ3n) is 16.1. The van der Waals surface area contributed by atoms with E-state index in [4.69, 9.17) is 37.0 Å². The van der Waals surface area contributed by atoms with E-state index in [1.807, 2.05) is 0 Å². The van der Waals surface area contributed by atoms with Gasteiger partial charge in [0.1, 0.15) is 19.3 Å². The highest BCUT2D eigenvalue weighted by Crippen LogP contribution is 2.45. The van der Waals surface area contributed by atoms with Crippen LogP contribution in [0.4, 0.5) is 0 Å². The van der Waals surface area contributed by atoms with Gasteiger partial charge in [-0.25, -0.2) is 9.13 Å². The fourth-order valence-corrected chi connectivity index (χ4v) is 11.8. The molecule has 87 heavy (non-hydrogen) atoms. The second-order valence-corrected chi connectivity index (χ2v) is 28.2. The highest BCUT2D eigenvalue weighted by atomic mass is 31.2. The lowest BCUT2D eigenvalue weighted by Gasteiger charge is -2.21. The van der Waals surface area contributed by atoms with Gasteiger partial charge in [0.2, 0.25) is 0 Å². The minimum absolute atomic E-state index is 0.106. The minimum atomic E-state index is -4.95. The average molecular weight is 1280 g/mol. The molecular weight excluding hydrogens is 1150 g/mol. The zero-order chi connectivity index (χ0) is 64.3. The van der Waals surface area contributed by atoms with Crippen LogP contribution in [0.2, 0.25) is 0 Å². The monoisotopic (exact) mass is 1280 g/mol. The Balaban J connectivity index is 5.26. The van der Waals surface area contributed by atoms with Gasteiger partial charge in [-0.1, -0.05) is 292 Å². The van der Waals surface area contributed by atoms with Gasteiger partial charge in [-0.15, -0.1) is 0 Å². The number of ether oxygens (including phenoxy) is 4. The molecule has 0 aromatic carbocycles. The molecule has 0 rings (SSSR count). The van der Waals surface area contributed by atoms with Crippen molar-refractivity contribution in [3.63, 3.8) is 0 Å². The Morgan fingerprint density at radius 3 is 0.874 bits per heavy atom. The molecule has 516 valence electrons. The summed E-state index contributed by atoms with van der Waals surface area (Å²) in [6.07, 6.45) is 44.3. The number of hydrogen-bond acceptors (Lipinski definition) is 15. The van der Waals surface area contributed by atoms with Crippen LogP contribution in [0.25, 0.3) is 0 Å². The van der Waals surface area contributed by atoms with Crippen LogP contribution >= 0.6 is 15.6 Å². The van der Waals surface area contributed by atoms with Crippen molar-refractivity contribution < 1.29 is 80.2 Å². The lowest BCUT2D eigenvalue weighted by Crippen LogP contribution is -2.30. The van der Waals surface area contributed by atoms with E-state index in [1.54, 1.807) is 0 Å². The summed E-state index contributed by atoms with van der Waals surface area (Å²) in [7, 11) is -9.90. The number of aliphatic hydroxyl groups excluding tert-OH is 1. The van der Waals surface area contributed by atoms with Gasteiger partial charge in [0.05, 0.1) is 26.4 Å². The molecule has 3 N–H and O–H groups in total. The summed E-state index contributed by atoms with van der Waals surface area (Å²) in [5.74, 6) is -0.651. The van der Waals surface area contributed by atoms with Crippen LogP contribution in [0, 0.1) is 11.8 Å². The molecule has 0 bridgehead atoms. The predicted octanol–water partition coefficient (Wildman–Crippen LogP) is 19.2. The van der Waals surface area contributed by atoms with E-state index in [9.17, 15) is 43.2 Å². The molecule has 0 saturated carbocycles. The van der Waals surface area contributed by atoms with Gasteiger partial charge < -0.3 is 33.8 Å². The third-order valence-corrected chi connectivity index (χ3v) is 18.0. The van der Waals surface area contributed by atoms with Crippen LogP contribution < -0.4 is 0 Å². The van der Waals surface area contributed by atoms with Crippen molar-refractivity contribution in [3.8, 4) is 0 Å². The molecule has 0 aliphatic heterocycles. The molecule has 0 radical (unpaired) electrons. The van der Waals surface area contributed by atoms with Crippen molar-refractivity contribution >= 4 is 39.5 Å². The van der Waals surface area contributed by atoms with Gasteiger partial charge in [0.25, 0.3) is 0 Å². The largest absolute Gasteiger partial charge is 0.472 e. The molecule has 0 aliphatic rings. The van der Waals surface area contributed by atoms with Crippen molar-refractivity contribution in [3.05, 3.63) is 0 Å². The quantitative estimate of drug-likeness (QED) is 0.0222. The van der Waals surface area contributed by atoms with E-state index in [-0.39, 0.29) is 25.7 Å². The zero-order valence-corrected chi connectivity index (χ0v) is 58.1. The highest BCUT2D eigenvalue weighted by molar-refractivity contribution is 7.47. The van der Waals surface area contributed by atoms with E-state index < -0.39 is 97.5 Å². The first-order valence-electron chi connectivity index (χ1n) is 35.5. The van der Waals surface area contributed by atoms with Crippen LogP contribution in [0.1, 0.15) is 343 Å². The number of unbranched alkanes of at least 4 members (excludes halogenated alkanes) is 36. The maximum Gasteiger partial charge on any atom is 0.472 e. The Morgan fingerprint density at radius 2 is 0.586 bits per heavy atom. The number of hydrogen-bond donors (Lipinski definition) is 3. The molecule has 3 unspecified atom stereocenters. The number of carbonyl (C=O) groups is 4. The van der Waals surface area contributed by atoms with Crippen LogP contribution in [-0.4, -0.2) is 96.7 Å². The first-order valence-corrected chi connectivity index (χ1v) is 38.5. The van der Waals surface area contributed by atoms with Crippen LogP contribution in [0.15, 0.2) is 0 Å². The molecule has 0 aliphatic carbocycles. The number of carbonyl (C=O) groups excluding carboxylic acids is 4. The Kier molecular flexibility index (Phi) is 59.0. The Bertz CT molecular complexity index is 1700. The zero-order valence-electron chi connectivity index (χ0n) is 56.3. The average Bonchev–Trinajstić information content (AvgIpc) is 3.71. The first-order chi connectivity index (χ1) is 41.9. The van der Waals surface area contributed by atoms with Crippen LogP contribution in [-0.2, 0) is 65.4 Å². The maximum absolute atomic E-state index is 13.0. The Labute approximate surface area is 530 Å². The number of phosphoric acid groups is 2.